The summed E-state index contributed by atoms with van der Waals surface area (Å²) in [6.45, 7) is 4.89. The van der Waals surface area contributed by atoms with Gasteiger partial charge in [-0.15, -0.1) is 0 Å². The smallest absolute Gasteiger partial charge is 0.251 e. The summed E-state index contributed by atoms with van der Waals surface area (Å²) in [7, 11) is 0. The number of unbranched alkanes of at least 4 members (excludes halogenated alkanes) is 1. The Morgan fingerprint density at radius 2 is 1.95 bits per heavy atom. The van der Waals surface area contributed by atoms with Crippen molar-refractivity contribution in [3.8, 4) is 5.75 Å². The topological polar surface area (TPSA) is 93.5 Å². The number of carbonyl (C=O) groups excluding carboxylic acids is 2. The fourth-order valence-corrected chi connectivity index (χ4v) is 1.66. The molecule has 0 bridgehead atoms. The molecule has 2 amide bonds. The summed E-state index contributed by atoms with van der Waals surface area (Å²) in [5.74, 6) is 0.243. The van der Waals surface area contributed by atoms with Crippen LogP contribution < -0.4 is 21.1 Å². The van der Waals surface area contributed by atoms with Crippen LogP contribution in [0.2, 0.25) is 0 Å². The van der Waals surface area contributed by atoms with E-state index in [1.54, 1.807) is 18.2 Å². The largest absolute Gasteiger partial charge is 0.491 e. The number of nitrogens with two attached hydrogens (primary N) is 1. The Bertz CT molecular complexity index is 489. The number of hydrogen-bond acceptors (Lipinski definition) is 4. The number of hydrogen-bond donors (Lipinski definition) is 3. The molecule has 0 aliphatic rings. The zero-order valence-corrected chi connectivity index (χ0v) is 12.6. The third-order valence-electron chi connectivity index (χ3n) is 2.81. The first-order chi connectivity index (χ1) is 10.0. The number of anilines is 1. The van der Waals surface area contributed by atoms with E-state index >= 15 is 0 Å². The van der Waals surface area contributed by atoms with Gasteiger partial charge in [0.15, 0.2) is 0 Å². The molecule has 0 heterocycles. The predicted octanol–water partition coefficient (Wildman–Crippen LogP) is 1.31. The summed E-state index contributed by atoms with van der Waals surface area (Å²) < 4.78 is 5.53. The molecule has 1 aromatic carbocycles. The fourth-order valence-electron chi connectivity index (χ4n) is 1.66. The van der Waals surface area contributed by atoms with Gasteiger partial charge in [-0.05, 0) is 24.6 Å². The highest BCUT2D eigenvalue weighted by molar-refractivity contribution is 5.95. The van der Waals surface area contributed by atoms with Crippen molar-refractivity contribution in [1.82, 2.24) is 10.6 Å². The number of amides is 2. The Hall–Kier alpha value is -2.24. The average Bonchev–Trinajstić information content (AvgIpc) is 2.45. The predicted molar refractivity (Wildman–Crippen MR) is 82.3 cm³/mol. The minimum absolute atomic E-state index is 0.123. The monoisotopic (exact) mass is 293 g/mol. The van der Waals surface area contributed by atoms with E-state index in [1.165, 1.54) is 6.92 Å². The number of ether oxygens (including phenoxy) is 1. The molecule has 6 heteroatoms. The van der Waals surface area contributed by atoms with Gasteiger partial charge in [0, 0.05) is 25.6 Å². The van der Waals surface area contributed by atoms with Gasteiger partial charge in [0.25, 0.3) is 5.91 Å². The summed E-state index contributed by atoms with van der Waals surface area (Å²) in [5.41, 5.74) is 6.79. The van der Waals surface area contributed by atoms with E-state index in [9.17, 15) is 9.59 Å². The van der Waals surface area contributed by atoms with Crippen LogP contribution in [0.5, 0.6) is 5.75 Å². The Balaban J connectivity index is 2.49. The average molecular weight is 293 g/mol. The lowest BCUT2D eigenvalue weighted by molar-refractivity contribution is -0.118. The number of rotatable bonds is 8. The number of carbonyl (C=O) groups is 2. The van der Waals surface area contributed by atoms with Crippen LogP contribution in [-0.2, 0) is 4.79 Å². The molecular weight excluding hydrogens is 270 g/mol. The third-order valence-corrected chi connectivity index (χ3v) is 2.81. The highest BCUT2D eigenvalue weighted by atomic mass is 16.5. The minimum atomic E-state index is -0.229. The van der Waals surface area contributed by atoms with Crippen molar-refractivity contribution in [3.63, 3.8) is 0 Å². The van der Waals surface area contributed by atoms with Crippen molar-refractivity contribution in [1.29, 1.82) is 0 Å². The SMILES string of the molecule is CCCCOc1ccc(C(=O)NCCNC(C)=O)cc1N. The quantitative estimate of drug-likeness (QED) is 0.497. The van der Waals surface area contributed by atoms with E-state index in [0.717, 1.165) is 12.8 Å². The molecule has 6 nitrogen and oxygen atoms in total. The third kappa shape index (κ3) is 6.16. The van der Waals surface area contributed by atoms with Gasteiger partial charge < -0.3 is 21.1 Å². The first-order valence-electron chi connectivity index (χ1n) is 7.09. The van der Waals surface area contributed by atoms with Crippen LogP contribution in [0.15, 0.2) is 18.2 Å². The fraction of sp³-hybridized carbons (Fsp3) is 0.467. The summed E-state index contributed by atoms with van der Waals surface area (Å²) in [6.07, 6.45) is 2.01. The van der Waals surface area contributed by atoms with Crippen LogP contribution in [0, 0.1) is 0 Å². The Kier molecular flexibility index (Phi) is 7.08. The van der Waals surface area contributed by atoms with Crippen molar-refractivity contribution in [2.24, 2.45) is 0 Å². The van der Waals surface area contributed by atoms with E-state index in [0.29, 0.717) is 36.7 Å². The minimum Gasteiger partial charge on any atom is -0.491 e. The highest BCUT2D eigenvalue weighted by Crippen LogP contribution is 2.22. The summed E-state index contributed by atoms with van der Waals surface area (Å²) in [5, 5.41) is 5.31. The second kappa shape index (κ2) is 8.84. The van der Waals surface area contributed by atoms with Crippen LogP contribution in [0.25, 0.3) is 0 Å². The van der Waals surface area contributed by atoms with E-state index in [2.05, 4.69) is 17.6 Å². The van der Waals surface area contributed by atoms with Gasteiger partial charge in [-0.3, -0.25) is 9.59 Å². The van der Waals surface area contributed by atoms with E-state index in [1.807, 2.05) is 0 Å². The molecule has 0 radical (unpaired) electrons. The van der Waals surface area contributed by atoms with Crippen molar-refractivity contribution in [2.45, 2.75) is 26.7 Å². The maximum absolute atomic E-state index is 11.9. The molecule has 116 valence electrons. The molecule has 0 atom stereocenters. The molecular formula is C15H23N3O3. The number of nitrogen functional groups attached to an aromatic ring is 1. The van der Waals surface area contributed by atoms with Gasteiger partial charge in [0.05, 0.1) is 12.3 Å². The van der Waals surface area contributed by atoms with Crippen LogP contribution >= 0.6 is 0 Å². The van der Waals surface area contributed by atoms with Gasteiger partial charge in [0.1, 0.15) is 5.75 Å². The lowest BCUT2D eigenvalue weighted by Gasteiger charge is -2.10. The molecule has 0 aromatic heterocycles. The molecule has 0 spiro atoms. The van der Waals surface area contributed by atoms with Crippen molar-refractivity contribution in [3.05, 3.63) is 23.8 Å². The van der Waals surface area contributed by atoms with Crippen molar-refractivity contribution < 1.29 is 14.3 Å². The standard InChI is InChI=1S/C15H23N3O3/c1-3-4-9-21-14-6-5-12(10-13(14)16)15(20)18-8-7-17-11(2)19/h5-6,10H,3-4,7-9,16H2,1-2H3,(H,17,19)(H,18,20). The summed E-state index contributed by atoms with van der Waals surface area (Å²) in [6, 6.07) is 4.97. The Morgan fingerprint density at radius 3 is 2.57 bits per heavy atom. The van der Waals surface area contributed by atoms with E-state index < -0.39 is 0 Å². The van der Waals surface area contributed by atoms with E-state index in [4.69, 9.17) is 10.5 Å². The van der Waals surface area contributed by atoms with Gasteiger partial charge in [-0.1, -0.05) is 13.3 Å². The first-order valence-corrected chi connectivity index (χ1v) is 7.09. The van der Waals surface area contributed by atoms with Crippen molar-refractivity contribution >= 4 is 17.5 Å². The van der Waals surface area contributed by atoms with Crippen LogP contribution in [0.4, 0.5) is 5.69 Å². The molecule has 4 N–H and O–H groups in total. The Morgan fingerprint density at radius 1 is 1.24 bits per heavy atom. The first kappa shape index (κ1) is 16.8. The molecule has 0 saturated heterocycles. The molecule has 0 aliphatic heterocycles. The normalized spacial score (nSPS) is 10.0. The number of benzene rings is 1. The molecule has 21 heavy (non-hydrogen) atoms. The van der Waals surface area contributed by atoms with Gasteiger partial charge >= 0.3 is 0 Å². The summed E-state index contributed by atoms with van der Waals surface area (Å²) in [4.78, 5) is 22.6. The zero-order chi connectivity index (χ0) is 15.7. The number of nitrogens with one attached hydrogen (secondary N) is 2. The molecule has 0 fully saturated rings. The second-order valence-corrected chi connectivity index (χ2v) is 4.69. The second-order valence-electron chi connectivity index (χ2n) is 4.69. The van der Waals surface area contributed by atoms with E-state index in [-0.39, 0.29) is 11.8 Å². The van der Waals surface area contributed by atoms with Crippen LogP contribution in [-0.4, -0.2) is 31.5 Å². The molecule has 1 rings (SSSR count). The Labute approximate surface area is 125 Å². The molecule has 0 aliphatic carbocycles. The molecule has 1 aromatic rings. The van der Waals surface area contributed by atoms with Crippen LogP contribution in [0.3, 0.4) is 0 Å². The van der Waals surface area contributed by atoms with Crippen molar-refractivity contribution in [2.75, 3.05) is 25.4 Å². The van der Waals surface area contributed by atoms with Gasteiger partial charge in [-0.25, -0.2) is 0 Å². The highest BCUT2D eigenvalue weighted by Gasteiger charge is 2.08. The maximum atomic E-state index is 11.9. The molecule has 0 unspecified atom stereocenters. The van der Waals surface area contributed by atoms with Gasteiger partial charge in [0.2, 0.25) is 5.91 Å². The summed E-state index contributed by atoms with van der Waals surface area (Å²) >= 11 is 0. The molecule has 0 saturated carbocycles. The zero-order valence-electron chi connectivity index (χ0n) is 12.6. The van der Waals surface area contributed by atoms with Crippen LogP contribution in [0.1, 0.15) is 37.0 Å². The van der Waals surface area contributed by atoms with Gasteiger partial charge in [-0.2, -0.15) is 0 Å². The maximum Gasteiger partial charge on any atom is 0.251 e. The lowest BCUT2D eigenvalue weighted by Crippen LogP contribution is -2.33. The lowest BCUT2D eigenvalue weighted by atomic mass is 10.1.